The Bertz CT molecular complexity index is 923. The van der Waals surface area contributed by atoms with E-state index in [4.69, 9.17) is 9.47 Å². The highest BCUT2D eigenvalue weighted by molar-refractivity contribution is 6.05. The first-order chi connectivity index (χ1) is 15.2. The fourth-order valence-corrected chi connectivity index (χ4v) is 2.62. The number of rotatable bonds is 9. The van der Waals surface area contributed by atoms with Crippen molar-refractivity contribution in [2.75, 3.05) is 23.8 Å². The van der Waals surface area contributed by atoms with Gasteiger partial charge in [-0.2, -0.15) is 0 Å². The fraction of sp³-hybridized carbons (Fsp3) is 0.391. The van der Waals surface area contributed by atoms with Gasteiger partial charge in [-0.3, -0.25) is 19.9 Å². The van der Waals surface area contributed by atoms with Crippen LogP contribution in [0.4, 0.5) is 16.2 Å². The topological polar surface area (TPSA) is 119 Å². The summed E-state index contributed by atoms with van der Waals surface area (Å²) in [6.07, 6.45) is 1.27. The molecule has 0 fully saturated rings. The number of pyridine rings is 1. The molecular formula is C23H30N4O5. The van der Waals surface area contributed by atoms with Gasteiger partial charge in [0, 0.05) is 19.3 Å². The van der Waals surface area contributed by atoms with Gasteiger partial charge >= 0.3 is 12.1 Å². The summed E-state index contributed by atoms with van der Waals surface area (Å²) in [7, 11) is 0. The van der Waals surface area contributed by atoms with Crippen LogP contribution < -0.4 is 16.0 Å². The SMILES string of the molecule is CCOC(=O)CCNCc1ccc(C(=O)Nc2ccccc2NC(=O)OC(C)(C)C)nc1. The number of nitrogens with zero attached hydrogens (tertiary/aromatic N) is 1. The predicted octanol–water partition coefficient (Wildman–Crippen LogP) is 3.72. The van der Waals surface area contributed by atoms with Crippen LogP contribution in [0.3, 0.4) is 0 Å². The second kappa shape index (κ2) is 11.8. The number of carbonyl (C=O) groups excluding carboxylic acids is 3. The molecule has 1 heterocycles. The van der Waals surface area contributed by atoms with Gasteiger partial charge in [-0.05, 0) is 51.5 Å². The van der Waals surface area contributed by atoms with Crippen LogP contribution in [-0.2, 0) is 20.8 Å². The molecule has 0 aliphatic carbocycles. The number of amides is 2. The Kier molecular flexibility index (Phi) is 9.15. The van der Waals surface area contributed by atoms with Gasteiger partial charge in [0.15, 0.2) is 0 Å². The summed E-state index contributed by atoms with van der Waals surface area (Å²) < 4.78 is 10.1. The summed E-state index contributed by atoms with van der Waals surface area (Å²) in [5.74, 6) is -0.656. The lowest BCUT2D eigenvalue weighted by Gasteiger charge is -2.20. The Hall–Kier alpha value is -3.46. The van der Waals surface area contributed by atoms with Crippen molar-refractivity contribution in [3.05, 3.63) is 53.9 Å². The minimum absolute atomic E-state index is 0.229. The van der Waals surface area contributed by atoms with Crippen LogP contribution >= 0.6 is 0 Å². The molecule has 1 aromatic heterocycles. The smallest absolute Gasteiger partial charge is 0.412 e. The van der Waals surface area contributed by atoms with Gasteiger partial charge in [-0.15, -0.1) is 0 Å². The molecule has 0 radical (unpaired) electrons. The van der Waals surface area contributed by atoms with Gasteiger partial charge in [-0.25, -0.2) is 4.79 Å². The Balaban J connectivity index is 1.91. The summed E-state index contributed by atoms with van der Waals surface area (Å²) in [6.45, 7) is 8.45. The van der Waals surface area contributed by atoms with Crippen LogP contribution in [0.5, 0.6) is 0 Å². The maximum absolute atomic E-state index is 12.6. The van der Waals surface area contributed by atoms with E-state index in [0.29, 0.717) is 37.5 Å². The number of hydrogen-bond acceptors (Lipinski definition) is 7. The number of aromatic nitrogens is 1. The van der Waals surface area contributed by atoms with Crippen LogP contribution in [0.2, 0.25) is 0 Å². The van der Waals surface area contributed by atoms with Gasteiger partial charge in [0.1, 0.15) is 11.3 Å². The van der Waals surface area contributed by atoms with Crippen molar-refractivity contribution in [3.63, 3.8) is 0 Å². The number of nitrogens with one attached hydrogen (secondary N) is 3. The van der Waals surface area contributed by atoms with Crippen molar-refractivity contribution in [1.82, 2.24) is 10.3 Å². The first kappa shape index (κ1) is 24.8. The molecule has 0 spiro atoms. The van der Waals surface area contributed by atoms with Crippen LogP contribution in [0.1, 0.15) is 50.2 Å². The lowest BCUT2D eigenvalue weighted by atomic mass is 10.2. The number of esters is 1. The van der Waals surface area contributed by atoms with Gasteiger partial charge in [0.25, 0.3) is 5.91 Å². The summed E-state index contributed by atoms with van der Waals surface area (Å²) in [5, 5.41) is 8.52. The molecule has 0 aliphatic rings. The van der Waals surface area contributed by atoms with Crippen molar-refractivity contribution in [1.29, 1.82) is 0 Å². The van der Waals surface area contributed by atoms with Crippen molar-refractivity contribution < 1.29 is 23.9 Å². The molecule has 32 heavy (non-hydrogen) atoms. The van der Waals surface area contributed by atoms with Crippen LogP contribution in [0.15, 0.2) is 42.6 Å². The molecule has 0 unspecified atom stereocenters. The van der Waals surface area contributed by atoms with Crippen molar-refractivity contribution in [2.24, 2.45) is 0 Å². The monoisotopic (exact) mass is 442 g/mol. The van der Waals surface area contributed by atoms with Crippen molar-refractivity contribution in [3.8, 4) is 0 Å². The Morgan fingerprint density at radius 3 is 2.28 bits per heavy atom. The summed E-state index contributed by atoms with van der Waals surface area (Å²) in [5.41, 5.74) is 1.30. The molecule has 0 aliphatic heterocycles. The number of hydrogen-bond donors (Lipinski definition) is 3. The second-order valence-electron chi connectivity index (χ2n) is 7.91. The van der Waals surface area contributed by atoms with E-state index < -0.39 is 17.6 Å². The number of carbonyl (C=O) groups is 3. The largest absolute Gasteiger partial charge is 0.466 e. The zero-order chi connectivity index (χ0) is 23.6. The molecule has 9 heteroatoms. The van der Waals surface area contributed by atoms with Gasteiger partial charge in [-0.1, -0.05) is 18.2 Å². The Labute approximate surface area is 187 Å². The van der Waals surface area contributed by atoms with Crippen LogP contribution in [0.25, 0.3) is 0 Å². The fourth-order valence-electron chi connectivity index (χ4n) is 2.62. The van der Waals surface area contributed by atoms with Gasteiger partial charge in [0.05, 0.1) is 24.4 Å². The van der Waals surface area contributed by atoms with Gasteiger partial charge in [0.2, 0.25) is 0 Å². The lowest BCUT2D eigenvalue weighted by Crippen LogP contribution is -2.27. The average molecular weight is 443 g/mol. The minimum Gasteiger partial charge on any atom is -0.466 e. The molecule has 0 atom stereocenters. The quantitative estimate of drug-likeness (QED) is 0.400. The van der Waals surface area contributed by atoms with E-state index in [1.807, 2.05) is 0 Å². The first-order valence-electron chi connectivity index (χ1n) is 10.4. The number of benzene rings is 1. The molecule has 0 saturated heterocycles. The third kappa shape index (κ3) is 8.73. The number of anilines is 2. The lowest BCUT2D eigenvalue weighted by molar-refractivity contribution is -0.142. The highest BCUT2D eigenvalue weighted by Gasteiger charge is 2.18. The average Bonchev–Trinajstić information content (AvgIpc) is 2.72. The molecule has 0 bridgehead atoms. The van der Waals surface area contributed by atoms with E-state index in [2.05, 4.69) is 20.9 Å². The Morgan fingerprint density at radius 2 is 1.69 bits per heavy atom. The summed E-state index contributed by atoms with van der Waals surface area (Å²) in [4.78, 5) is 40.2. The van der Waals surface area contributed by atoms with Gasteiger partial charge < -0.3 is 20.1 Å². The molecule has 2 aromatic rings. The van der Waals surface area contributed by atoms with E-state index in [1.54, 1.807) is 70.3 Å². The van der Waals surface area contributed by atoms with E-state index in [0.717, 1.165) is 5.56 Å². The number of para-hydroxylation sites is 2. The molecule has 0 saturated carbocycles. The molecular weight excluding hydrogens is 412 g/mol. The van der Waals surface area contributed by atoms with E-state index in [9.17, 15) is 14.4 Å². The molecule has 172 valence electrons. The Morgan fingerprint density at radius 1 is 1.00 bits per heavy atom. The van der Waals surface area contributed by atoms with Crippen molar-refractivity contribution in [2.45, 2.75) is 46.3 Å². The number of ether oxygens (including phenoxy) is 2. The predicted molar refractivity (Wildman–Crippen MR) is 121 cm³/mol. The standard InChI is InChI=1S/C23H30N4O5/c1-5-31-20(28)12-13-24-14-16-10-11-19(25-15-16)21(29)26-17-8-6-7-9-18(17)27-22(30)32-23(2,3)4/h6-11,15,24H,5,12-14H2,1-4H3,(H,26,29)(H,27,30). The zero-order valence-electron chi connectivity index (χ0n) is 18.9. The molecule has 1 aromatic carbocycles. The van der Waals surface area contributed by atoms with E-state index in [-0.39, 0.29) is 11.7 Å². The molecule has 2 rings (SSSR count). The van der Waals surface area contributed by atoms with Crippen molar-refractivity contribution >= 4 is 29.3 Å². The zero-order valence-corrected chi connectivity index (χ0v) is 18.9. The van der Waals surface area contributed by atoms with E-state index >= 15 is 0 Å². The normalized spacial score (nSPS) is 10.9. The third-order valence-electron chi connectivity index (χ3n) is 4.01. The molecule has 9 nitrogen and oxygen atoms in total. The van der Waals surface area contributed by atoms with E-state index in [1.165, 1.54) is 0 Å². The maximum Gasteiger partial charge on any atom is 0.412 e. The molecule has 3 N–H and O–H groups in total. The minimum atomic E-state index is -0.637. The highest BCUT2D eigenvalue weighted by Crippen LogP contribution is 2.22. The third-order valence-corrected chi connectivity index (χ3v) is 4.01. The second-order valence-corrected chi connectivity index (χ2v) is 7.91. The summed E-state index contributed by atoms with van der Waals surface area (Å²) >= 11 is 0. The van der Waals surface area contributed by atoms with Crippen LogP contribution in [-0.4, -0.2) is 41.7 Å². The van der Waals surface area contributed by atoms with Crippen LogP contribution in [0, 0.1) is 0 Å². The summed E-state index contributed by atoms with van der Waals surface area (Å²) in [6, 6.07) is 10.2. The maximum atomic E-state index is 12.6. The highest BCUT2D eigenvalue weighted by atomic mass is 16.6. The first-order valence-corrected chi connectivity index (χ1v) is 10.4. The molecule has 2 amide bonds.